The zero-order chi connectivity index (χ0) is 40.7. The van der Waals surface area contributed by atoms with Crippen molar-refractivity contribution in [3.8, 4) is 0 Å². The van der Waals surface area contributed by atoms with Gasteiger partial charge in [0.05, 0.1) is 27.7 Å². The smallest absolute Gasteiger partial charge is 0.306 e. The van der Waals surface area contributed by atoms with Crippen LogP contribution in [0.3, 0.4) is 0 Å². The monoisotopic (exact) mass is 798 g/mol. The lowest BCUT2D eigenvalue weighted by atomic mass is 10.0. The highest BCUT2D eigenvalue weighted by Gasteiger charge is 2.21. The highest BCUT2D eigenvalue weighted by Crippen LogP contribution is 2.38. The van der Waals surface area contributed by atoms with E-state index < -0.39 is 32.5 Å². The average molecular weight is 798 g/mol. The van der Waals surface area contributed by atoms with Crippen LogP contribution in [0.15, 0.2) is 36.5 Å². The molecule has 0 saturated heterocycles. The maximum Gasteiger partial charge on any atom is 0.306 e. The first-order valence-electron chi connectivity index (χ1n) is 22.2. The molecule has 2 atom stereocenters. The first-order chi connectivity index (χ1) is 26.5. The van der Waals surface area contributed by atoms with Crippen molar-refractivity contribution in [2.24, 2.45) is 0 Å². The van der Waals surface area contributed by atoms with Crippen LogP contribution in [-0.2, 0) is 32.7 Å². The molecule has 0 amide bonds. The van der Waals surface area contributed by atoms with E-state index in [1.807, 2.05) is 21.1 Å². The van der Waals surface area contributed by atoms with Crippen molar-refractivity contribution in [3.63, 3.8) is 0 Å². The summed E-state index contributed by atoms with van der Waals surface area (Å²) in [5.41, 5.74) is 0. The van der Waals surface area contributed by atoms with E-state index in [-0.39, 0.29) is 26.1 Å². The summed E-state index contributed by atoms with van der Waals surface area (Å²) in [6.07, 6.45) is 41.6. The summed E-state index contributed by atoms with van der Waals surface area (Å²) in [4.78, 5) is 37.5. The zero-order valence-corrected chi connectivity index (χ0v) is 37.0. The molecule has 10 heteroatoms. The number of unbranched alkanes of at least 4 members (excludes halogenated alkanes) is 20. The molecule has 0 aliphatic rings. The van der Waals surface area contributed by atoms with E-state index in [1.165, 1.54) is 89.9 Å². The minimum Gasteiger partial charge on any atom is -0.756 e. The van der Waals surface area contributed by atoms with Crippen molar-refractivity contribution >= 4 is 19.8 Å². The molecule has 0 saturated carbocycles. The second kappa shape index (κ2) is 37.8. The summed E-state index contributed by atoms with van der Waals surface area (Å²) in [5.74, 6) is -0.856. The zero-order valence-electron chi connectivity index (χ0n) is 36.1. The van der Waals surface area contributed by atoms with E-state index >= 15 is 0 Å². The number of hydrogen-bond acceptors (Lipinski definition) is 8. The standard InChI is InChI=1S/C45H84NO8P/c1-6-8-10-12-14-16-18-20-22-23-24-26-27-29-31-33-35-37-44(47)51-41-43(42-53-55(49,50)52-40-39-46(3,4)5)54-45(48)38-36-34-32-30-28-25-21-19-17-15-13-11-9-7-2/h14,16,20,22,24,26,43H,6-13,15,17-19,21,23,25,27-42H2,1-5H3/b16-14+,22-20+,26-24+/t43-/m1/s1. The van der Waals surface area contributed by atoms with Crippen LogP contribution in [0, 0.1) is 0 Å². The Morgan fingerprint density at radius 2 is 0.982 bits per heavy atom. The Morgan fingerprint density at radius 3 is 1.49 bits per heavy atom. The van der Waals surface area contributed by atoms with E-state index in [1.54, 1.807) is 0 Å². The van der Waals surface area contributed by atoms with E-state index in [2.05, 4.69) is 50.3 Å². The topological polar surface area (TPSA) is 111 Å². The predicted molar refractivity (Wildman–Crippen MR) is 227 cm³/mol. The number of phosphoric acid groups is 1. The number of nitrogens with zero attached hydrogens (tertiary/aromatic N) is 1. The number of phosphoric ester groups is 1. The molecule has 0 fully saturated rings. The second-order valence-corrected chi connectivity index (χ2v) is 17.5. The fourth-order valence-electron chi connectivity index (χ4n) is 5.90. The molecule has 0 aromatic carbocycles. The van der Waals surface area contributed by atoms with Crippen LogP contribution >= 0.6 is 7.82 Å². The van der Waals surface area contributed by atoms with Gasteiger partial charge >= 0.3 is 11.9 Å². The summed E-state index contributed by atoms with van der Waals surface area (Å²) in [5, 5.41) is 0. The minimum atomic E-state index is -4.63. The third-order valence-corrected chi connectivity index (χ3v) is 10.4. The number of quaternary nitrogens is 1. The van der Waals surface area contributed by atoms with Gasteiger partial charge in [0.1, 0.15) is 19.8 Å². The average Bonchev–Trinajstić information content (AvgIpc) is 3.13. The molecule has 322 valence electrons. The molecule has 0 spiro atoms. The van der Waals surface area contributed by atoms with Gasteiger partial charge in [-0.3, -0.25) is 14.2 Å². The predicted octanol–water partition coefficient (Wildman–Crippen LogP) is 11.9. The van der Waals surface area contributed by atoms with Gasteiger partial charge < -0.3 is 27.9 Å². The van der Waals surface area contributed by atoms with E-state index in [9.17, 15) is 19.0 Å². The van der Waals surface area contributed by atoms with E-state index in [4.69, 9.17) is 18.5 Å². The fourth-order valence-corrected chi connectivity index (χ4v) is 6.62. The first kappa shape index (κ1) is 53.2. The maximum atomic E-state index is 12.7. The molecule has 0 aromatic heterocycles. The third kappa shape index (κ3) is 41.7. The molecule has 0 bridgehead atoms. The molecule has 55 heavy (non-hydrogen) atoms. The Balaban J connectivity index is 4.39. The van der Waals surface area contributed by atoms with E-state index in [0.29, 0.717) is 23.9 Å². The molecule has 0 rings (SSSR count). The van der Waals surface area contributed by atoms with Crippen LogP contribution in [0.1, 0.15) is 187 Å². The third-order valence-electron chi connectivity index (χ3n) is 9.41. The highest BCUT2D eigenvalue weighted by molar-refractivity contribution is 7.45. The van der Waals surface area contributed by atoms with Crippen molar-refractivity contribution in [3.05, 3.63) is 36.5 Å². The molecule has 0 aliphatic heterocycles. The van der Waals surface area contributed by atoms with Gasteiger partial charge in [-0.25, -0.2) is 0 Å². The molecule has 0 heterocycles. The molecule has 0 aromatic rings. The summed E-state index contributed by atoms with van der Waals surface area (Å²) in [6.45, 7) is 4.18. The normalized spacial score (nSPS) is 13.9. The fraction of sp³-hybridized carbons (Fsp3) is 0.822. The lowest BCUT2D eigenvalue weighted by molar-refractivity contribution is -0.870. The number of ether oxygens (including phenoxy) is 2. The highest BCUT2D eigenvalue weighted by atomic mass is 31.2. The number of likely N-dealkylation sites (N-methyl/N-ethyl adjacent to an activating group) is 1. The minimum absolute atomic E-state index is 0.0339. The number of rotatable bonds is 40. The van der Waals surface area contributed by atoms with Gasteiger partial charge in [-0.1, -0.05) is 159 Å². The molecule has 0 aliphatic carbocycles. The lowest BCUT2D eigenvalue weighted by Crippen LogP contribution is -2.37. The molecule has 1 unspecified atom stereocenters. The summed E-state index contributed by atoms with van der Waals surface area (Å²) in [7, 11) is 1.15. The van der Waals surface area contributed by atoms with Crippen molar-refractivity contribution in [2.75, 3.05) is 47.5 Å². The van der Waals surface area contributed by atoms with Crippen molar-refractivity contribution < 1.29 is 42.1 Å². The van der Waals surface area contributed by atoms with Gasteiger partial charge in [0.25, 0.3) is 7.82 Å². The van der Waals surface area contributed by atoms with Crippen LogP contribution in [-0.4, -0.2) is 70.0 Å². The Labute approximate surface area is 338 Å². The van der Waals surface area contributed by atoms with Gasteiger partial charge in [-0.05, 0) is 51.4 Å². The number of esters is 2. The number of carbonyl (C=O) groups is 2. The van der Waals surface area contributed by atoms with Gasteiger partial charge in [0.15, 0.2) is 6.10 Å². The summed E-state index contributed by atoms with van der Waals surface area (Å²) >= 11 is 0. The largest absolute Gasteiger partial charge is 0.756 e. The van der Waals surface area contributed by atoms with Crippen LogP contribution in [0.2, 0.25) is 0 Å². The van der Waals surface area contributed by atoms with Crippen LogP contribution in [0.5, 0.6) is 0 Å². The van der Waals surface area contributed by atoms with Gasteiger partial charge in [-0.2, -0.15) is 0 Å². The molecule has 9 nitrogen and oxygen atoms in total. The van der Waals surface area contributed by atoms with Gasteiger partial charge in [0, 0.05) is 12.8 Å². The van der Waals surface area contributed by atoms with Crippen molar-refractivity contribution in [2.45, 2.75) is 193 Å². The van der Waals surface area contributed by atoms with Crippen LogP contribution in [0.4, 0.5) is 0 Å². The number of hydrogen-bond donors (Lipinski definition) is 0. The first-order valence-corrected chi connectivity index (χ1v) is 23.7. The quantitative estimate of drug-likeness (QED) is 0.0198. The SMILES string of the molecule is CCCCC/C=C/C/C=C/C/C=C/CCCCCCC(=O)OC[C@H](COP(=O)([O-])OCC[N+](C)(C)C)OC(=O)CCCCCCCCCCCCCCCC. The molecule has 0 radical (unpaired) electrons. The van der Waals surface area contributed by atoms with Crippen LogP contribution in [0.25, 0.3) is 0 Å². The Bertz CT molecular complexity index is 1040. The summed E-state index contributed by atoms with van der Waals surface area (Å²) in [6, 6.07) is 0. The van der Waals surface area contributed by atoms with Gasteiger partial charge in [-0.15, -0.1) is 0 Å². The Kier molecular flexibility index (Phi) is 36.6. The number of allylic oxidation sites excluding steroid dienone is 6. The number of carbonyl (C=O) groups excluding carboxylic acids is 2. The van der Waals surface area contributed by atoms with Crippen molar-refractivity contribution in [1.82, 2.24) is 0 Å². The van der Waals surface area contributed by atoms with E-state index in [0.717, 1.165) is 57.8 Å². The molecular formula is C45H84NO8P. The van der Waals surface area contributed by atoms with Crippen LogP contribution < -0.4 is 4.89 Å². The molecule has 0 N–H and O–H groups in total. The molecular weight excluding hydrogens is 713 g/mol. The lowest BCUT2D eigenvalue weighted by Gasteiger charge is -2.28. The van der Waals surface area contributed by atoms with Gasteiger partial charge in [0.2, 0.25) is 0 Å². The van der Waals surface area contributed by atoms with Crippen molar-refractivity contribution in [1.29, 1.82) is 0 Å². The summed E-state index contributed by atoms with van der Waals surface area (Å²) < 4.78 is 33.9. The Hall–Kier alpha value is -1.77. The second-order valence-electron chi connectivity index (χ2n) is 16.1. The maximum absolute atomic E-state index is 12.7. The Morgan fingerprint density at radius 1 is 0.564 bits per heavy atom.